The van der Waals surface area contributed by atoms with Gasteiger partial charge in [0, 0.05) is 35.5 Å². The molecule has 4 rings (SSSR count). The molecule has 2 amide bonds. The molecule has 1 fully saturated rings. The second-order valence-corrected chi connectivity index (χ2v) is 8.17. The molecule has 7 heteroatoms. The van der Waals surface area contributed by atoms with Gasteiger partial charge >= 0.3 is 0 Å². The predicted octanol–water partition coefficient (Wildman–Crippen LogP) is 4.07. The molecule has 134 valence electrons. The number of hydrogen-bond acceptors (Lipinski definition) is 3. The van der Waals surface area contributed by atoms with Crippen molar-refractivity contribution in [2.24, 2.45) is 0 Å². The van der Waals surface area contributed by atoms with Gasteiger partial charge in [-0.3, -0.25) is 14.5 Å². The predicted molar refractivity (Wildman–Crippen MR) is 99.6 cm³/mol. The maximum Gasteiger partial charge on any atom is 0.259 e. The highest BCUT2D eigenvalue weighted by Crippen LogP contribution is 2.56. The lowest BCUT2D eigenvalue weighted by Gasteiger charge is -2.33. The molecule has 0 saturated carbocycles. The quantitative estimate of drug-likeness (QED) is 0.793. The van der Waals surface area contributed by atoms with Crippen molar-refractivity contribution in [2.75, 3.05) is 11.9 Å². The number of likely N-dealkylation sites (N-methyl/N-ethyl adjacent to an activating group) is 1. The minimum Gasteiger partial charge on any atom is -0.338 e. The van der Waals surface area contributed by atoms with Gasteiger partial charge in [0.25, 0.3) is 5.91 Å². The SMILES string of the molecule is CN(Cc1c(F)cccc1Cl)C(=O)[C@@]12CCC(=O)N1c1ccccc1S2. The summed E-state index contributed by atoms with van der Waals surface area (Å²) in [6.45, 7) is 0.0467. The van der Waals surface area contributed by atoms with Gasteiger partial charge in [0.2, 0.25) is 5.91 Å². The van der Waals surface area contributed by atoms with Gasteiger partial charge < -0.3 is 4.90 Å². The van der Waals surface area contributed by atoms with E-state index >= 15 is 0 Å². The molecular formula is C19H16ClFN2O2S. The number of halogens is 2. The van der Waals surface area contributed by atoms with Crippen LogP contribution in [-0.4, -0.2) is 28.6 Å². The molecule has 0 N–H and O–H groups in total. The third-order valence-electron chi connectivity index (χ3n) is 4.81. The van der Waals surface area contributed by atoms with Gasteiger partial charge in [-0.15, -0.1) is 0 Å². The first-order chi connectivity index (χ1) is 12.4. The molecule has 0 aromatic heterocycles. The van der Waals surface area contributed by atoms with Crippen LogP contribution in [0.3, 0.4) is 0 Å². The largest absolute Gasteiger partial charge is 0.338 e. The molecular weight excluding hydrogens is 375 g/mol. The van der Waals surface area contributed by atoms with Crippen molar-refractivity contribution in [3.63, 3.8) is 0 Å². The van der Waals surface area contributed by atoms with Crippen molar-refractivity contribution in [1.29, 1.82) is 0 Å². The first-order valence-corrected chi connectivity index (χ1v) is 9.43. The van der Waals surface area contributed by atoms with Crippen LogP contribution in [0.5, 0.6) is 0 Å². The summed E-state index contributed by atoms with van der Waals surface area (Å²) in [7, 11) is 1.62. The van der Waals surface area contributed by atoms with Gasteiger partial charge in [0.1, 0.15) is 5.82 Å². The van der Waals surface area contributed by atoms with Gasteiger partial charge in [0.15, 0.2) is 4.87 Å². The van der Waals surface area contributed by atoms with Crippen molar-refractivity contribution in [3.8, 4) is 0 Å². The highest BCUT2D eigenvalue weighted by atomic mass is 35.5. The summed E-state index contributed by atoms with van der Waals surface area (Å²) in [5, 5.41) is 0.281. The molecule has 0 aliphatic carbocycles. The van der Waals surface area contributed by atoms with E-state index in [-0.39, 0.29) is 28.9 Å². The Kier molecular flexibility index (Phi) is 4.20. The van der Waals surface area contributed by atoms with Crippen LogP contribution >= 0.6 is 23.4 Å². The van der Waals surface area contributed by atoms with Crippen molar-refractivity contribution < 1.29 is 14.0 Å². The summed E-state index contributed by atoms with van der Waals surface area (Å²) < 4.78 is 14.1. The van der Waals surface area contributed by atoms with Crippen molar-refractivity contribution >= 4 is 40.9 Å². The van der Waals surface area contributed by atoms with Crippen molar-refractivity contribution in [2.45, 2.75) is 29.2 Å². The summed E-state index contributed by atoms with van der Waals surface area (Å²) in [6.07, 6.45) is 0.751. The zero-order valence-corrected chi connectivity index (χ0v) is 15.6. The van der Waals surface area contributed by atoms with E-state index in [0.717, 1.165) is 10.6 Å². The van der Waals surface area contributed by atoms with E-state index in [0.29, 0.717) is 12.8 Å². The molecule has 2 heterocycles. The highest BCUT2D eigenvalue weighted by molar-refractivity contribution is 8.02. The fourth-order valence-corrected chi connectivity index (χ4v) is 5.31. The van der Waals surface area contributed by atoms with E-state index in [1.165, 1.54) is 28.8 Å². The monoisotopic (exact) mass is 390 g/mol. The molecule has 0 unspecified atom stereocenters. The number of benzene rings is 2. The summed E-state index contributed by atoms with van der Waals surface area (Å²) in [6, 6.07) is 12.0. The van der Waals surface area contributed by atoms with Crippen LogP contribution in [0.2, 0.25) is 5.02 Å². The van der Waals surface area contributed by atoms with E-state index in [1.807, 2.05) is 24.3 Å². The number of carbonyl (C=O) groups is 2. The average Bonchev–Trinajstić information content (AvgIpc) is 3.13. The summed E-state index contributed by atoms with van der Waals surface area (Å²) in [4.78, 5) is 28.8. The second-order valence-electron chi connectivity index (χ2n) is 6.44. The Morgan fingerprint density at radius 1 is 1.31 bits per heavy atom. The van der Waals surface area contributed by atoms with Gasteiger partial charge in [-0.2, -0.15) is 0 Å². The lowest BCUT2D eigenvalue weighted by Crippen LogP contribution is -2.52. The summed E-state index contributed by atoms with van der Waals surface area (Å²) in [5.74, 6) is -0.728. The molecule has 2 aromatic carbocycles. The Labute approximate surface area is 159 Å². The summed E-state index contributed by atoms with van der Waals surface area (Å²) in [5.41, 5.74) is 1.04. The van der Waals surface area contributed by atoms with Crippen LogP contribution in [-0.2, 0) is 16.1 Å². The van der Waals surface area contributed by atoms with Gasteiger partial charge in [-0.1, -0.05) is 41.6 Å². The highest BCUT2D eigenvalue weighted by Gasteiger charge is 2.58. The minimum atomic E-state index is -0.993. The van der Waals surface area contributed by atoms with Crippen LogP contribution in [0, 0.1) is 5.82 Å². The molecule has 0 radical (unpaired) electrons. The number of hydrogen-bond donors (Lipinski definition) is 0. The van der Waals surface area contributed by atoms with E-state index in [4.69, 9.17) is 11.6 Å². The zero-order valence-electron chi connectivity index (χ0n) is 14.0. The Morgan fingerprint density at radius 2 is 2.08 bits per heavy atom. The van der Waals surface area contributed by atoms with E-state index in [9.17, 15) is 14.0 Å². The first-order valence-electron chi connectivity index (χ1n) is 8.23. The Morgan fingerprint density at radius 3 is 2.85 bits per heavy atom. The van der Waals surface area contributed by atoms with Crippen molar-refractivity contribution in [3.05, 3.63) is 58.9 Å². The third kappa shape index (κ3) is 2.51. The molecule has 4 nitrogen and oxygen atoms in total. The Bertz CT molecular complexity index is 902. The molecule has 0 bridgehead atoms. The van der Waals surface area contributed by atoms with Gasteiger partial charge in [0.05, 0.1) is 5.69 Å². The van der Waals surface area contributed by atoms with Crippen LogP contribution in [0.1, 0.15) is 18.4 Å². The third-order valence-corrected chi connectivity index (χ3v) is 6.63. The number of amides is 2. The van der Waals surface area contributed by atoms with E-state index < -0.39 is 10.7 Å². The molecule has 1 saturated heterocycles. The zero-order chi connectivity index (χ0) is 18.5. The number of rotatable bonds is 3. The number of para-hydroxylation sites is 1. The van der Waals surface area contributed by atoms with Crippen LogP contribution < -0.4 is 4.90 Å². The normalized spacial score (nSPS) is 20.9. The smallest absolute Gasteiger partial charge is 0.259 e. The molecule has 2 aromatic rings. The molecule has 1 atom stereocenters. The van der Waals surface area contributed by atoms with Crippen LogP contribution in [0.4, 0.5) is 10.1 Å². The van der Waals surface area contributed by atoms with Gasteiger partial charge in [-0.05, 0) is 30.7 Å². The molecule has 2 aliphatic rings. The second kappa shape index (κ2) is 6.28. The molecule has 0 spiro atoms. The average molecular weight is 391 g/mol. The Balaban J connectivity index is 1.66. The fraction of sp³-hybridized carbons (Fsp3) is 0.263. The Hall–Kier alpha value is -2.05. The molecule has 2 aliphatic heterocycles. The van der Waals surface area contributed by atoms with Crippen LogP contribution in [0.15, 0.2) is 47.4 Å². The maximum absolute atomic E-state index is 14.1. The minimum absolute atomic E-state index is 0.0467. The van der Waals surface area contributed by atoms with E-state index in [1.54, 1.807) is 18.0 Å². The van der Waals surface area contributed by atoms with E-state index in [2.05, 4.69) is 0 Å². The van der Waals surface area contributed by atoms with Gasteiger partial charge in [-0.25, -0.2) is 4.39 Å². The van der Waals surface area contributed by atoms with Crippen molar-refractivity contribution in [1.82, 2.24) is 4.90 Å². The number of nitrogens with zero attached hydrogens (tertiary/aromatic N) is 2. The number of carbonyl (C=O) groups excluding carboxylic acids is 2. The number of fused-ring (bicyclic) bond motifs is 3. The maximum atomic E-state index is 14.1. The lowest BCUT2D eigenvalue weighted by atomic mass is 10.1. The molecule has 26 heavy (non-hydrogen) atoms. The lowest BCUT2D eigenvalue weighted by molar-refractivity contribution is -0.133. The van der Waals surface area contributed by atoms with Crippen LogP contribution in [0.25, 0.3) is 0 Å². The fourth-order valence-electron chi connectivity index (χ4n) is 3.57. The first kappa shape index (κ1) is 17.4. The number of thioether (sulfide) groups is 1. The number of anilines is 1. The summed E-state index contributed by atoms with van der Waals surface area (Å²) >= 11 is 7.50. The topological polar surface area (TPSA) is 40.6 Å². The standard InChI is InChI=1S/C19H16ClFN2O2S/c1-22(11-12-13(20)5-4-6-14(12)21)18(25)19-10-9-17(24)23(19)15-7-2-3-8-16(15)26-19/h2-8H,9-11H2,1H3/t19-/m0/s1.